The monoisotopic (exact) mass is 461 g/mol. The SMILES string of the molecule is CCN(Cc1ccc(OC)c(OC)c1)C(=O)c1cccc(S(=O)(=O)N2CCN(C)CC2)c1. The molecule has 174 valence electrons. The molecule has 0 atom stereocenters. The first-order chi connectivity index (χ1) is 15.3. The van der Waals surface area contributed by atoms with Gasteiger partial charge in [-0.3, -0.25) is 4.79 Å². The normalized spacial score (nSPS) is 15.4. The topological polar surface area (TPSA) is 79.4 Å². The quantitative estimate of drug-likeness (QED) is 0.600. The zero-order chi connectivity index (χ0) is 23.3. The number of piperazine rings is 1. The molecule has 1 amide bonds. The van der Waals surface area contributed by atoms with Crippen molar-refractivity contribution < 1.29 is 22.7 Å². The van der Waals surface area contributed by atoms with Crippen LogP contribution in [0.5, 0.6) is 11.5 Å². The van der Waals surface area contributed by atoms with Gasteiger partial charge in [0, 0.05) is 44.8 Å². The Morgan fingerprint density at radius 3 is 2.31 bits per heavy atom. The lowest BCUT2D eigenvalue weighted by Crippen LogP contribution is -2.47. The van der Waals surface area contributed by atoms with Gasteiger partial charge in [0.2, 0.25) is 10.0 Å². The molecule has 1 aliphatic heterocycles. The van der Waals surface area contributed by atoms with E-state index in [1.165, 1.54) is 10.4 Å². The summed E-state index contributed by atoms with van der Waals surface area (Å²) in [7, 11) is 1.47. The average molecular weight is 462 g/mol. The summed E-state index contributed by atoms with van der Waals surface area (Å²) in [4.78, 5) is 17.1. The molecule has 1 aliphatic rings. The third-order valence-electron chi connectivity index (χ3n) is 5.67. The van der Waals surface area contributed by atoms with E-state index < -0.39 is 10.0 Å². The van der Waals surface area contributed by atoms with E-state index in [1.807, 2.05) is 26.1 Å². The van der Waals surface area contributed by atoms with E-state index in [0.717, 1.165) is 5.56 Å². The number of hydrogen-bond acceptors (Lipinski definition) is 6. The number of hydrogen-bond donors (Lipinski definition) is 0. The highest BCUT2D eigenvalue weighted by atomic mass is 32.2. The summed E-state index contributed by atoms with van der Waals surface area (Å²) in [5.74, 6) is 0.985. The van der Waals surface area contributed by atoms with Crippen molar-refractivity contribution in [3.63, 3.8) is 0 Å². The minimum atomic E-state index is -3.64. The van der Waals surface area contributed by atoms with Gasteiger partial charge >= 0.3 is 0 Å². The lowest BCUT2D eigenvalue weighted by molar-refractivity contribution is 0.0752. The Bertz CT molecular complexity index is 1050. The molecule has 9 heteroatoms. The Labute approximate surface area is 190 Å². The van der Waals surface area contributed by atoms with Gasteiger partial charge in [-0.15, -0.1) is 0 Å². The van der Waals surface area contributed by atoms with Crippen LogP contribution in [0.3, 0.4) is 0 Å². The van der Waals surface area contributed by atoms with Crippen LogP contribution in [0.4, 0.5) is 0 Å². The molecule has 1 saturated heterocycles. The van der Waals surface area contributed by atoms with Gasteiger partial charge < -0.3 is 19.3 Å². The zero-order valence-electron chi connectivity index (χ0n) is 19.1. The molecule has 0 N–H and O–H groups in total. The number of likely N-dealkylation sites (N-methyl/N-ethyl adjacent to an activating group) is 1. The largest absolute Gasteiger partial charge is 0.493 e. The molecule has 2 aromatic carbocycles. The molecule has 0 aliphatic carbocycles. The molecule has 0 aromatic heterocycles. The summed E-state index contributed by atoms with van der Waals surface area (Å²) in [5.41, 5.74) is 1.24. The Balaban J connectivity index is 1.80. The predicted molar refractivity (Wildman–Crippen MR) is 123 cm³/mol. The minimum Gasteiger partial charge on any atom is -0.493 e. The Morgan fingerprint density at radius 1 is 1.00 bits per heavy atom. The van der Waals surface area contributed by atoms with Crippen LogP contribution in [0, 0.1) is 0 Å². The highest BCUT2D eigenvalue weighted by Crippen LogP contribution is 2.28. The second-order valence-corrected chi connectivity index (χ2v) is 9.68. The van der Waals surface area contributed by atoms with Crippen molar-refractivity contribution in [3.8, 4) is 11.5 Å². The minimum absolute atomic E-state index is 0.148. The molecule has 32 heavy (non-hydrogen) atoms. The maximum atomic E-state index is 13.2. The van der Waals surface area contributed by atoms with E-state index in [-0.39, 0.29) is 10.8 Å². The third-order valence-corrected chi connectivity index (χ3v) is 7.57. The maximum absolute atomic E-state index is 13.2. The van der Waals surface area contributed by atoms with Gasteiger partial charge in [-0.05, 0) is 49.9 Å². The number of carbonyl (C=O) groups excluding carboxylic acids is 1. The lowest BCUT2D eigenvalue weighted by atomic mass is 10.1. The summed E-state index contributed by atoms with van der Waals surface area (Å²) in [5, 5.41) is 0. The first-order valence-corrected chi connectivity index (χ1v) is 12.0. The van der Waals surface area contributed by atoms with E-state index in [9.17, 15) is 13.2 Å². The standard InChI is InChI=1S/C23H31N3O5S/c1-5-25(17-18-9-10-21(30-3)22(15-18)31-4)23(27)19-7-6-8-20(16-19)32(28,29)26-13-11-24(2)12-14-26/h6-10,15-16H,5,11-14,17H2,1-4H3. The van der Waals surface area contributed by atoms with Gasteiger partial charge in [-0.25, -0.2) is 8.42 Å². The Morgan fingerprint density at radius 2 is 1.69 bits per heavy atom. The number of rotatable bonds is 8. The fraction of sp³-hybridized carbons (Fsp3) is 0.435. The van der Waals surface area contributed by atoms with E-state index in [0.29, 0.717) is 56.3 Å². The van der Waals surface area contributed by atoms with Crippen molar-refractivity contribution >= 4 is 15.9 Å². The molecule has 3 rings (SSSR count). The van der Waals surface area contributed by atoms with Gasteiger partial charge in [-0.2, -0.15) is 4.31 Å². The fourth-order valence-electron chi connectivity index (χ4n) is 3.68. The van der Waals surface area contributed by atoms with Crippen molar-refractivity contribution in [1.82, 2.24) is 14.1 Å². The van der Waals surface area contributed by atoms with Crippen LogP contribution in [0.1, 0.15) is 22.8 Å². The number of carbonyl (C=O) groups is 1. The van der Waals surface area contributed by atoms with Crippen molar-refractivity contribution in [2.75, 3.05) is 54.0 Å². The van der Waals surface area contributed by atoms with Gasteiger partial charge in [0.05, 0.1) is 19.1 Å². The van der Waals surface area contributed by atoms with Crippen LogP contribution in [-0.4, -0.2) is 82.4 Å². The first-order valence-electron chi connectivity index (χ1n) is 10.6. The van der Waals surface area contributed by atoms with Crippen LogP contribution in [0.2, 0.25) is 0 Å². The summed E-state index contributed by atoms with van der Waals surface area (Å²) < 4.78 is 38.3. The van der Waals surface area contributed by atoms with Gasteiger partial charge in [0.1, 0.15) is 0 Å². The number of ether oxygens (including phenoxy) is 2. The van der Waals surface area contributed by atoms with Gasteiger partial charge in [-0.1, -0.05) is 12.1 Å². The third kappa shape index (κ3) is 5.23. The molecule has 0 saturated carbocycles. The summed E-state index contributed by atoms with van der Waals surface area (Å²) >= 11 is 0. The highest BCUT2D eigenvalue weighted by Gasteiger charge is 2.28. The van der Waals surface area contributed by atoms with E-state index in [4.69, 9.17) is 9.47 Å². The van der Waals surface area contributed by atoms with E-state index >= 15 is 0 Å². The number of benzene rings is 2. The van der Waals surface area contributed by atoms with Crippen LogP contribution in [0.25, 0.3) is 0 Å². The number of methoxy groups -OCH3 is 2. The van der Waals surface area contributed by atoms with Crippen LogP contribution >= 0.6 is 0 Å². The molecule has 8 nitrogen and oxygen atoms in total. The van der Waals surface area contributed by atoms with E-state index in [1.54, 1.807) is 43.4 Å². The molecule has 0 spiro atoms. The average Bonchev–Trinajstić information content (AvgIpc) is 2.82. The summed E-state index contributed by atoms with van der Waals surface area (Å²) in [6, 6.07) is 11.8. The van der Waals surface area contributed by atoms with Gasteiger partial charge in [0.15, 0.2) is 11.5 Å². The molecular formula is C23H31N3O5S. The molecule has 1 heterocycles. The molecule has 2 aromatic rings. The van der Waals surface area contributed by atoms with Crippen molar-refractivity contribution in [2.45, 2.75) is 18.4 Å². The Kier molecular flexibility index (Phi) is 7.76. The van der Waals surface area contributed by atoms with Gasteiger partial charge in [0.25, 0.3) is 5.91 Å². The van der Waals surface area contributed by atoms with Crippen molar-refractivity contribution in [1.29, 1.82) is 0 Å². The number of sulfonamides is 1. The Hall–Kier alpha value is -2.62. The highest BCUT2D eigenvalue weighted by molar-refractivity contribution is 7.89. The van der Waals surface area contributed by atoms with Crippen LogP contribution in [0.15, 0.2) is 47.4 Å². The number of amides is 1. The maximum Gasteiger partial charge on any atom is 0.254 e. The van der Waals surface area contributed by atoms with Crippen molar-refractivity contribution in [3.05, 3.63) is 53.6 Å². The zero-order valence-corrected chi connectivity index (χ0v) is 19.9. The number of nitrogens with zero attached hydrogens (tertiary/aromatic N) is 3. The molecule has 0 unspecified atom stereocenters. The van der Waals surface area contributed by atoms with E-state index in [2.05, 4.69) is 4.90 Å². The van der Waals surface area contributed by atoms with Crippen LogP contribution < -0.4 is 9.47 Å². The smallest absolute Gasteiger partial charge is 0.254 e. The second kappa shape index (κ2) is 10.3. The molecular weight excluding hydrogens is 430 g/mol. The molecule has 0 radical (unpaired) electrons. The van der Waals surface area contributed by atoms with Crippen molar-refractivity contribution in [2.24, 2.45) is 0 Å². The fourth-order valence-corrected chi connectivity index (χ4v) is 5.14. The van der Waals surface area contributed by atoms with Crippen LogP contribution in [-0.2, 0) is 16.6 Å². The summed E-state index contributed by atoms with van der Waals surface area (Å²) in [6.07, 6.45) is 0. The first kappa shape index (κ1) is 24.0. The molecule has 1 fully saturated rings. The second-order valence-electron chi connectivity index (χ2n) is 7.74. The lowest BCUT2D eigenvalue weighted by Gasteiger charge is -2.31. The predicted octanol–water partition coefficient (Wildman–Crippen LogP) is 2.30. The summed E-state index contributed by atoms with van der Waals surface area (Å²) in [6.45, 7) is 4.99. The molecule has 0 bridgehead atoms.